The second-order valence-electron chi connectivity index (χ2n) is 5.54. The molecular weight excluding hydrogens is 287 g/mol. The molecule has 1 atom stereocenters. The summed E-state index contributed by atoms with van der Waals surface area (Å²) in [4.78, 5) is 0. The molecule has 0 aromatic heterocycles. The average molecular weight is 305 g/mol. The fourth-order valence-electron chi connectivity index (χ4n) is 2.99. The highest BCUT2D eigenvalue weighted by Crippen LogP contribution is 2.27. The average Bonchev–Trinajstić information content (AvgIpc) is 2.94. The molecule has 0 fully saturated rings. The topological polar surface area (TPSA) is 38.0 Å². The second kappa shape index (κ2) is 6.14. The Labute approximate surface area is 129 Å². The van der Waals surface area contributed by atoms with Crippen molar-refractivity contribution in [2.75, 3.05) is 0 Å². The zero-order chi connectivity index (χ0) is 14.8. The molecule has 1 aliphatic carbocycles. The van der Waals surface area contributed by atoms with Crippen LogP contribution in [0.1, 0.15) is 34.7 Å². The maximum absolute atomic E-state index is 13.9. The van der Waals surface area contributed by atoms with Gasteiger partial charge >= 0.3 is 0 Å². The Morgan fingerprint density at radius 2 is 1.95 bits per heavy atom. The summed E-state index contributed by atoms with van der Waals surface area (Å²) in [5, 5.41) is 0.408. The van der Waals surface area contributed by atoms with E-state index in [1.807, 2.05) is 0 Å². The van der Waals surface area contributed by atoms with Crippen LogP contribution >= 0.6 is 11.6 Å². The van der Waals surface area contributed by atoms with Gasteiger partial charge in [0.15, 0.2) is 0 Å². The van der Waals surface area contributed by atoms with Crippen LogP contribution in [0.3, 0.4) is 0 Å². The Morgan fingerprint density at radius 3 is 2.71 bits per heavy atom. The van der Waals surface area contributed by atoms with Gasteiger partial charge in [-0.15, -0.1) is 0 Å². The minimum Gasteiger partial charge on any atom is -0.271 e. The molecule has 110 valence electrons. The molecule has 3 rings (SSSR count). The Balaban J connectivity index is 1.85. The van der Waals surface area contributed by atoms with Gasteiger partial charge in [0, 0.05) is 5.02 Å². The minimum atomic E-state index is -0.288. The molecule has 4 heteroatoms. The fraction of sp³-hybridized carbons (Fsp3) is 0.294. The first kappa shape index (κ1) is 14.5. The predicted octanol–water partition coefficient (Wildman–Crippen LogP) is 3.71. The van der Waals surface area contributed by atoms with E-state index < -0.39 is 0 Å². The molecule has 0 spiro atoms. The van der Waals surface area contributed by atoms with Crippen molar-refractivity contribution < 1.29 is 4.39 Å². The number of nitrogens with one attached hydrogen (secondary N) is 1. The van der Waals surface area contributed by atoms with Crippen LogP contribution in [-0.4, -0.2) is 0 Å². The second-order valence-corrected chi connectivity index (χ2v) is 5.98. The summed E-state index contributed by atoms with van der Waals surface area (Å²) in [6.45, 7) is 0. The molecule has 0 amide bonds. The van der Waals surface area contributed by atoms with Crippen LogP contribution in [0.15, 0.2) is 36.4 Å². The number of aryl methyl sites for hydroxylation is 2. The van der Waals surface area contributed by atoms with Gasteiger partial charge < -0.3 is 0 Å². The quantitative estimate of drug-likeness (QED) is 0.667. The lowest BCUT2D eigenvalue weighted by atomic mass is 9.96. The van der Waals surface area contributed by atoms with Gasteiger partial charge in [-0.3, -0.25) is 11.3 Å². The molecule has 2 aromatic rings. The van der Waals surface area contributed by atoms with E-state index in [1.54, 1.807) is 12.1 Å². The van der Waals surface area contributed by atoms with Crippen LogP contribution in [0.5, 0.6) is 0 Å². The number of nitrogens with two attached hydrogens (primary N) is 1. The minimum absolute atomic E-state index is 0.105. The van der Waals surface area contributed by atoms with Gasteiger partial charge in [-0.25, -0.2) is 4.39 Å². The molecule has 0 saturated heterocycles. The SMILES string of the molecule is NNC(Cc1ccc(Cl)cc1F)c1ccc2c(c1)CCC2. The van der Waals surface area contributed by atoms with Crippen LogP contribution in [0.4, 0.5) is 4.39 Å². The molecule has 0 radical (unpaired) electrons. The van der Waals surface area contributed by atoms with Crippen molar-refractivity contribution in [3.8, 4) is 0 Å². The maximum atomic E-state index is 13.9. The number of benzene rings is 2. The molecule has 3 N–H and O–H groups in total. The van der Waals surface area contributed by atoms with Crippen molar-refractivity contribution in [2.24, 2.45) is 5.84 Å². The highest BCUT2D eigenvalue weighted by atomic mass is 35.5. The number of fused-ring (bicyclic) bond motifs is 1. The van der Waals surface area contributed by atoms with E-state index >= 15 is 0 Å². The number of halogens is 2. The third-order valence-electron chi connectivity index (χ3n) is 4.17. The van der Waals surface area contributed by atoms with Crippen molar-refractivity contribution in [3.05, 3.63) is 69.5 Å². The van der Waals surface area contributed by atoms with Crippen molar-refractivity contribution >= 4 is 11.6 Å². The molecule has 0 bridgehead atoms. The summed E-state index contributed by atoms with van der Waals surface area (Å²) in [5.74, 6) is 5.39. The molecule has 2 aromatic carbocycles. The third-order valence-corrected chi connectivity index (χ3v) is 4.40. The van der Waals surface area contributed by atoms with E-state index in [-0.39, 0.29) is 11.9 Å². The Kier molecular flexibility index (Phi) is 4.24. The lowest BCUT2D eigenvalue weighted by molar-refractivity contribution is 0.529. The fourth-order valence-corrected chi connectivity index (χ4v) is 3.15. The lowest BCUT2D eigenvalue weighted by Gasteiger charge is -2.18. The van der Waals surface area contributed by atoms with E-state index in [0.717, 1.165) is 18.4 Å². The van der Waals surface area contributed by atoms with Gasteiger partial charge in [-0.1, -0.05) is 35.9 Å². The Morgan fingerprint density at radius 1 is 1.14 bits per heavy atom. The summed E-state index contributed by atoms with van der Waals surface area (Å²) >= 11 is 5.79. The van der Waals surface area contributed by atoms with Crippen LogP contribution in [0.2, 0.25) is 5.02 Å². The van der Waals surface area contributed by atoms with Gasteiger partial charge in [0.25, 0.3) is 0 Å². The molecule has 1 unspecified atom stereocenters. The zero-order valence-corrected chi connectivity index (χ0v) is 12.5. The van der Waals surface area contributed by atoms with Crippen molar-refractivity contribution in [3.63, 3.8) is 0 Å². The molecule has 0 saturated carbocycles. The van der Waals surface area contributed by atoms with E-state index in [2.05, 4.69) is 23.6 Å². The predicted molar refractivity (Wildman–Crippen MR) is 83.6 cm³/mol. The van der Waals surface area contributed by atoms with Crippen molar-refractivity contribution in [1.82, 2.24) is 5.43 Å². The number of rotatable bonds is 4. The van der Waals surface area contributed by atoms with E-state index in [9.17, 15) is 4.39 Å². The first-order valence-corrected chi connectivity index (χ1v) is 7.57. The Hall–Kier alpha value is -1.42. The zero-order valence-electron chi connectivity index (χ0n) is 11.7. The largest absolute Gasteiger partial charge is 0.271 e. The number of hydrogen-bond donors (Lipinski definition) is 2. The van der Waals surface area contributed by atoms with Gasteiger partial charge in [0.2, 0.25) is 0 Å². The maximum Gasteiger partial charge on any atom is 0.127 e. The van der Waals surface area contributed by atoms with Crippen LogP contribution in [-0.2, 0) is 19.3 Å². The summed E-state index contributed by atoms with van der Waals surface area (Å²) in [6.07, 6.45) is 3.99. The molecule has 0 heterocycles. The molecule has 2 nitrogen and oxygen atoms in total. The first-order valence-electron chi connectivity index (χ1n) is 7.19. The monoisotopic (exact) mass is 304 g/mol. The summed E-state index contributed by atoms with van der Waals surface area (Å²) in [5.41, 5.74) is 7.33. The van der Waals surface area contributed by atoms with Crippen LogP contribution in [0, 0.1) is 5.82 Å². The summed E-state index contributed by atoms with van der Waals surface area (Å²) in [6, 6.07) is 11.1. The first-order chi connectivity index (χ1) is 10.2. The standard InChI is InChI=1S/C17H18ClFN2/c18-15-7-6-13(16(19)10-15)9-17(21-20)14-5-4-11-2-1-3-12(11)8-14/h4-8,10,17,21H,1-3,9,20H2. The molecule has 0 aliphatic heterocycles. The van der Waals surface area contributed by atoms with Crippen molar-refractivity contribution in [1.29, 1.82) is 0 Å². The smallest absolute Gasteiger partial charge is 0.127 e. The van der Waals surface area contributed by atoms with Gasteiger partial charge in [0.05, 0.1) is 6.04 Å². The molecule has 1 aliphatic rings. The van der Waals surface area contributed by atoms with E-state index in [0.29, 0.717) is 17.0 Å². The molecule has 21 heavy (non-hydrogen) atoms. The van der Waals surface area contributed by atoms with E-state index in [4.69, 9.17) is 17.4 Å². The number of hydrogen-bond acceptors (Lipinski definition) is 2. The van der Waals surface area contributed by atoms with Gasteiger partial charge in [0.1, 0.15) is 5.82 Å². The van der Waals surface area contributed by atoms with Crippen LogP contribution in [0.25, 0.3) is 0 Å². The van der Waals surface area contributed by atoms with Gasteiger partial charge in [-0.05, 0) is 60.1 Å². The Bertz CT molecular complexity index is 657. The normalized spacial score (nSPS) is 15.0. The molecular formula is C17H18ClFN2. The van der Waals surface area contributed by atoms with Crippen molar-refractivity contribution in [2.45, 2.75) is 31.7 Å². The summed E-state index contributed by atoms with van der Waals surface area (Å²) in [7, 11) is 0. The third kappa shape index (κ3) is 3.10. The van der Waals surface area contributed by atoms with Gasteiger partial charge in [-0.2, -0.15) is 0 Å². The lowest BCUT2D eigenvalue weighted by Crippen LogP contribution is -2.30. The highest BCUT2D eigenvalue weighted by Gasteiger charge is 2.17. The number of hydrazine groups is 1. The highest BCUT2D eigenvalue weighted by molar-refractivity contribution is 6.30. The summed E-state index contributed by atoms with van der Waals surface area (Å²) < 4.78 is 13.9. The van der Waals surface area contributed by atoms with Crippen LogP contribution < -0.4 is 11.3 Å². The van der Waals surface area contributed by atoms with E-state index in [1.165, 1.54) is 23.6 Å².